The molecule has 128 valence electrons. The van der Waals surface area contributed by atoms with Gasteiger partial charge in [-0.25, -0.2) is 4.79 Å². The fourth-order valence-corrected chi connectivity index (χ4v) is 2.79. The molecule has 1 aliphatic heterocycles. The Morgan fingerprint density at radius 2 is 1.96 bits per heavy atom. The number of ketones is 1. The summed E-state index contributed by atoms with van der Waals surface area (Å²) in [7, 11) is 1.41. The Balaban J connectivity index is 1.89. The minimum atomic E-state index is -0.517. The molecule has 1 heterocycles. The molecule has 5 nitrogen and oxygen atoms in total. The number of esters is 1. The largest absolute Gasteiger partial charge is 0.452 e. The summed E-state index contributed by atoms with van der Waals surface area (Å²) in [5.41, 5.74) is 2.01. The van der Waals surface area contributed by atoms with Crippen LogP contribution in [0.4, 0.5) is 0 Å². The van der Waals surface area contributed by atoms with Gasteiger partial charge in [-0.05, 0) is 42.3 Å². The van der Waals surface area contributed by atoms with Crippen molar-refractivity contribution >= 4 is 33.8 Å². The molecule has 2 aromatic rings. The number of hydrogen-bond acceptors (Lipinski definition) is 5. The third-order valence-electron chi connectivity index (χ3n) is 3.61. The Morgan fingerprint density at radius 1 is 1.24 bits per heavy atom. The van der Waals surface area contributed by atoms with Gasteiger partial charge >= 0.3 is 5.97 Å². The second-order valence-electron chi connectivity index (χ2n) is 5.51. The number of hydrogen-bond donors (Lipinski definition) is 0. The number of carbonyl (C=O) groups is 2. The highest BCUT2D eigenvalue weighted by Crippen LogP contribution is 2.37. The number of halogens is 1. The molecule has 0 unspecified atom stereocenters. The van der Waals surface area contributed by atoms with Crippen LogP contribution in [0.15, 0.2) is 46.6 Å². The first-order valence-electron chi connectivity index (χ1n) is 7.52. The third kappa shape index (κ3) is 3.81. The lowest BCUT2D eigenvalue weighted by atomic mass is 10.0. The zero-order valence-corrected chi connectivity index (χ0v) is 15.3. The Hall–Kier alpha value is -2.44. The number of methoxy groups -OCH3 is 1. The van der Waals surface area contributed by atoms with Gasteiger partial charge in [0.05, 0.1) is 5.56 Å². The monoisotopic (exact) mass is 402 g/mol. The second-order valence-corrected chi connectivity index (χ2v) is 6.43. The minimum absolute atomic E-state index is 0.148. The Labute approximate surface area is 153 Å². The van der Waals surface area contributed by atoms with Gasteiger partial charge in [-0.2, -0.15) is 0 Å². The smallest absolute Gasteiger partial charge is 0.337 e. The molecule has 0 spiro atoms. The highest BCUT2D eigenvalue weighted by Gasteiger charge is 2.30. The van der Waals surface area contributed by atoms with Crippen LogP contribution in [0.25, 0.3) is 6.08 Å². The summed E-state index contributed by atoms with van der Waals surface area (Å²) in [5, 5.41) is 0. The van der Waals surface area contributed by atoms with Gasteiger partial charge in [0, 0.05) is 17.6 Å². The number of allylic oxidation sites excluding steroid dienone is 1. The van der Waals surface area contributed by atoms with Crippen LogP contribution in [-0.4, -0.2) is 25.5 Å². The van der Waals surface area contributed by atoms with E-state index < -0.39 is 5.97 Å². The van der Waals surface area contributed by atoms with Crippen molar-refractivity contribution in [3.8, 4) is 11.5 Å². The average molecular weight is 403 g/mol. The fourth-order valence-electron chi connectivity index (χ4n) is 2.53. The highest BCUT2D eigenvalue weighted by atomic mass is 79.9. The molecule has 0 aromatic heterocycles. The van der Waals surface area contributed by atoms with Gasteiger partial charge < -0.3 is 14.2 Å². The van der Waals surface area contributed by atoms with Crippen molar-refractivity contribution < 1.29 is 23.8 Å². The van der Waals surface area contributed by atoms with Gasteiger partial charge in [-0.3, -0.25) is 4.79 Å². The van der Waals surface area contributed by atoms with Crippen molar-refractivity contribution in [2.75, 3.05) is 13.7 Å². The zero-order chi connectivity index (χ0) is 18.0. The Kier molecular flexibility index (Phi) is 5.01. The molecule has 0 saturated heterocycles. The zero-order valence-electron chi connectivity index (χ0n) is 13.7. The normalized spacial score (nSPS) is 14.4. The number of rotatable bonds is 4. The maximum absolute atomic E-state index is 12.6. The molecular weight excluding hydrogens is 388 g/mol. The van der Waals surface area contributed by atoms with Crippen molar-refractivity contribution in [1.82, 2.24) is 0 Å². The van der Waals surface area contributed by atoms with Crippen LogP contribution in [0.2, 0.25) is 0 Å². The quantitative estimate of drug-likeness (QED) is 0.440. The first-order valence-corrected chi connectivity index (χ1v) is 8.31. The summed E-state index contributed by atoms with van der Waals surface area (Å²) in [5.74, 6) is 0.229. The van der Waals surface area contributed by atoms with E-state index in [4.69, 9.17) is 14.2 Å². The standard InChI is InChI=1S/C19H15BrO5/c1-11-7-14(24-17(21)10-23-2)9-15-18(11)19(22)16(25-15)8-12-3-5-13(20)6-4-12/h3-9H,10H2,1-2H3/b16-8-. The summed E-state index contributed by atoms with van der Waals surface area (Å²) in [6.07, 6.45) is 1.69. The average Bonchev–Trinajstić information content (AvgIpc) is 2.86. The lowest BCUT2D eigenvalue weighted by Gasteiger charge is -2.07. The molecule has 0 fully saturated rings. The molecule has 1 aliphatic rings. The molecule has 2 aromatic carbocycles. The van der Waals surface area contributed by atoms with E-state index in [1.165, 1.54) is 13.2 Å². The topological polar surface area (TPSA) is 61.8 Å². The number of ether oxygens (including phenoxy) is 3. The molecular formula is C19H15BrO5. The lowest BCUT2D eigenvalue weighted by molar-refractivity contribution is -0.138. The van der Waals surface area contributed by atoms with Crippen LogP contribution < -0.4 is 9.47 Å². The molecule has 6 heteroatoms. The van der Waals surface area contributed by atoms with E-state index in [2.05, 4.69) is 15.9 Å². The fraction of sp³-hybridized carbons (Fsp3) is 0.158. The van der Waals surface area contributed by atoms with Crippen LogP contribution in [0.1, 0.15) is 21.5 Å². The first kappa shape index (κ1) is 17.4. The van der Waals surface area contributed by atoms with Crippen molar-refractivity contribution in [2.45, 2.75) is 6.92 Å². The Bertz CT molecular complexity index is 868. The van der Waals surface area contributed by atoms with Crippen LogP contribution in [-0.2, 0) is 9.53 Å². The van der Waals surface area contributed by atoms with E-state index in [0.717, 1.165) is 10.0 Å². The van der Waals surface area contributed by atoms with Crippen molar-refractivity contribution in [1.29, 1.82) is 0 Å². The minimum Gasteiger partial charge on any atom is -0.452 e. The molecule has 0 N–H and O–H groups in total. The number of fused-ring (bicyclic) bond motifs is 1. The van der Waals surface area contributed by atoms with E-state index in [9.17, 15) is 9.59 Å². The van der Waals surface area contributed by atoms with Gasteiger partial charge in [0.1, 0.15) is 18.1 Å². The first-order chi connectivity index (χ1) is 12.0. The van der Waals surface area contributed by atoms with E-state index in [1.54, 1.807) is 19.1 Å². The van der Waals surface area contributed by atoms with Crippen molar-refractivity contribution in [2.24, 2.45) is 0 Å². The van der Waals surface area contributed by atoms with Gasteiger partial charge in [-0.1, -0.05) is 28.1 Å². The molecule has 25 heavy (non-hydrogen) atoms. The van der Waals surface area contributed by atoms with Crippen LogP contribution in [0.3, 0.4) is 0 Å². The van der Waals surface area contributed by atoms with Crippen LogP contribution >= 0.6 is 15.9 Å². The predicted molar refractivity (Wildman–Crippen MR) is 95.8 cm³/mol. The van der Waals surface area contributed by atoms with Gasteiger partial charge in [0.15, 0.2) is 5.76 Å². The number of benzene rings is 2. The molecule has 0 radical (unpaired) electrons. The molecule has 0 atom stereocenters. The second kappa shape index (κ2) is 7.21. The van der Waals surface area contributed by atoms with Crippen LogP contribution in [0.5, 0.6) is 11.5 Å². The summed E-state index contributed by atoms with van der Waals surface area (Å²) in [6, 6.07) is 10.7. The van der Waals surface area contributed by atoms with E-state index in [0.29, 0.717) is 22.6 Å². The SMILES string of the molecule is COCC(=O)Oc1cc(C)c2c(c1)O/C(=C\c1ccc(Br)cc1)C2=O. The maximum Gasteiger partial charge on any atom is 0.337 e. The number of Topliss-reactive ketones (excluding diaryl/α,β-unsaturated/α-hetero) is 1. The molecule has 0 bridgehead atoms. The van der Waals surface area contributed by atoms with E-state index >= 15 is 0 Å². The summed E-state index contributed by atoms with van der Waals surface area (Å²) >= 11 is 3.37. The summed E-state index contributed by atoms with van der Waals surface area (Å²) < 4.78 is 16.6. The summed E-state index contributed by atoms with van der Waals surface area (Å²) in [6.45, 7) is 1.63. The van der Waals surface area contributed by atoms with Gasteiger partial charge in [0.25, 0.3) is 0 Å². The van der Waals surface area contributed by atoms with Gasteiger partial charge in [-0.15, -0.1) is 0 Å². The van der Waals surface area contributed by atoms with Crippen molar-refractivity contribution in [3.63, 3.8) is 0 Å². The highest BCUT2D eigenvalue weighted by molar-refractivity contribution is 9.10. The molecule has 0 saturated carbocycles. The molecule has 0 amide bonds. The van der Waals surface area contributed by atoms with Gasteiger partial charge in [0.2, 0.25) is 5.78 Å². The summed E-state index contributed by atoms with van der Waals surface area (Å²) in [4.78, 5) is 24.1. The maximum atomic E-state index is 12.6. The van der Waals surface area contributed by atoms with Crippen molar-refractivity contribution in [3.05, 3.63) is 63.3 Å². The van der Waals surface area contributed by atoms with E-state index in [-0.39, 0.29) is 18.1 Å². The number of carbonyl (C=O) groups excluding carboxylic acids is 2. The third-order valence-corrected chi connectivity index (χ3v) is 4.13. The van der Waals surface area contributed by atoms with Crippen LogP contribution in [0, 0.1) is 6.92 Å². The predicted octanol–water partition coefficient (Wildman–Crippen LogP) is 3.93. The van der Waals surface area contributed by atoms with E-state index in [1.807, 2.05) is 24.3 Å². The Morgan fingerprint density at radius 3 is 2.64 bits per heavy atom. The number of aryl methyl sites for hydroxylation is 1. The lowest BCUT2D eigenvalue weighted by Crippen LogP contribution is -2.14. The molecule has 3 rings (SSSR count). The molecule has 0 aliphatic carbocycles.